The van der Waals surface area contributed by atoms with Crippen LogP contribution < -0.4 is 5.43 Å². The lowest BCUT2D eigenvalue weighted by atomic mass is 10.1. The van der Waals surface area contributed by atoms with Crippen molar-refractivity contribution in [2.75, 3.05) is 5.75 Å². The molecule has 0 radical (unpaired) electrons. The molecule has 1 amide bonds. The number of para-hydroxylation sites is 2. The number of H-pyrrole nitrogens is 1. The number of thioether (sulfide) groups is 1. The quantitative estimate of drug-likeness (QED) is 0.201. The van der Waals surface area contributed by atoms with Crippen LogP contribution in [0.1, 0.15) is 11.3 Å². The van der Waals surface area contributed by atoms with Gasteiger partial charge < -0.3 is 4.98 Å². The first-order valence-electron chi connectivity index (χ1n) is 10.8. The number of nitrogens with zero attached hydrogens (tertiary/aromatic N) is 4. The van der Waals surface area contributed by atoms with Crippen molar-refractivity contribution in [3.05, 3.63) is 96.2 Å². The highest BCUT2D eigenvalue weighted by Gasteiger charge is 2.17. The van der Waals surface area contributed by atoms with Crippen LogP contribution in [0.3, 0.4) is 0 Å². The van der Waals surface area contributed by atoms with Gasteiger partial charge in [0.05, 0.1) is 12.0 Å². The van der Waals surface area contributed by atoms with E-state index < -0.39 is 0 Å². The second-order valence-electron chi connectivity index (χ2n) is 7.63. The molecule has 5 aromatic rings. The van der Waals surface area contributed by atoms with Gasteiger partial charge in [-0.15, -0.1) is 10.2 Å². The van der Waals surface area contributed by atoms with Crippen LogP contribution in [0.2, 0.25) is 0 Å². The van der Waals surface area contributed by atoms with Gasteiger partial charge in [-0.1, -0.05) is 78.5 Å². The van der Waals surface area contributed by atoms with E-state index in [1.165, 1.54) is 11.8 Å². The van der Waals surface area contributed by atoms with E-state index in [0.717, 1.165) is 39.2 Å². The van der Waals surface area contributed by atoms with Crippen LogP contribution in [0.5, 0.6) is 0 Å². The lowest BCUT2D eigenvalue weighted by Gasteiger charge is -2.10. The number of nitrogens with one attached hydrogen (secondary N) is 2. The smallest absolute Gasteiger partial charge is 0.250 e. The number of aromatic nitrogens is 4. The van der Waals surface area contributed by atoms with Crippen molar-refractivity contribution in [1.82, 2.24) is 25.2 Å². The molecule has 0 aliphatic carbocycles. The number of hydrazone groups is 1. The van der Waals surface area contributed by atoms with Crippen molar-refractivity contribution in [2.45, 2.75) is 12.1 Å². The molecule has 5 rings (SSSR count). The first kappa shape index (κ1) is 21.7. The number of rotatable bonds is 7. The molecule has 8 heteroatoms. The lowest BCUT2D eigenvalue weighted by Crippen LogP contribution is -2.20. The number of fused-ring (bicyclic) bond motifs is 1. The Morgan fingerprint density at radius 3 is 2.50 bits per heavy atom. The topological polar surface area (TPSA) is 88.0 Å². The fourth-order valence-corrected chi connectivity index (χ4v) is 4.49. The first-order valence-corrected chi connectivity index (χ1v) is 11.8. The number of aromatic amines is 1. The number of carbonyl (C=O) groups is 1. The normalized spacial score (nSPS) is 11.3. The van der Waals surface area contributed by atoms with E-state index in [9.17, 15) is 4.79 Å². The van der Waals surface area contributed by atoms with E-state index in [1.54, 1.807) is 6.21 Å². The van der Waals surface area contributed by atoms with Crippen LogP contribution in [0.4, 0.5) is 0 Å². The number of aryl methyl sites for hydroxylation is 1. The van der Waals surface area contributed by atoms with E-state index in [0.29, 0.717) is 5.16 Å². The number of amides is 1. The van der Waals surface area contributed by atoms with Gasteiger partial charge in [0.1, 0.15) is 0 Å². The third-order valence-electron chi connectivity index (χ3n) is 5.34. The van der Waals surface area contributed by atoms with Crippen LogP contribution in [-0.4, -0.2) is 37.6 Å². The highest BCUT2D eigenvalue weighted by atomic mass is 32.2. The highest BCUT2D eigenvalue weighted by Crippen LogP contribution is 2.27. The van der Waals surface area contributed by atoms with Crippen LogP contribution in [-0.2, 0) is 4.79 Å². The van der Waals surface area contributed by atoms with Gasteiger partial charge in [-0.2, -0.15) is 5.10 Å². The summed E-state index contributed by atoms with van der Waals surface area (Å²) in [6.07, 6.45) is 1.68. The second-order valence-corrected chi connectivity index (χ2v) is 8.58. The highest BCUT2D eigenvalue weighted by molar-refractivity contribution is 7.99. The van der Waals surface area contributed by atoms with Crippen molar-refractivity contribution in [3.8, 4) is 17.1 Å². The summed E-state index contributed by atoms with van der Waals surface area (Å²) in [5.74, 6) is 0.661. The van der Waals surface area contributed by atoms with E-state index in [-0.39, 0.29) is 11.7 Å². The average Bonchev–Trinajstić information content (AvgIpc) is 3.44. The number of hydrogen-bond acceptors (Lipinski definition) is 5. The molecule has 168 valence electrons. The number of carbonyl (C=O) groups excluding carboxylic acids is 1. The first-order chi connectivity index (χ1) is 16.7. The Kier molecular flexibility index (Phi) is 6.22. The van der Waals surface area contributed by atoms with Gasteiger partial charge in [0.25, 0.3) is 5.91 Å². The van der Waals surface area contributed by atoms with Crippen LogP contribution in [0, 0.1) is 6.92 Å². The van der Waals surface area contributed by atoms with Gasteiger partial charge in [0, 0.05) is 33.4 Å². The van der Waals surface area contributed by atoms with Gasteiger partial charge >= 0.3 is 0 Å². The molecule has 0 aliphatic heterocycles. The lowest BCUT2D eigenvalue weighted by molar-refractivity contribution is -0.118. The Bertz CT molecular complexity index is 1460. The zero-order valence-corrected chi connectivity index (χ0v) is 19.3. The molecule has 7 nitrogen and oxygen atoms in total. The minimum absolute atomic E-state index is 0.157. The Hall–Kier alpha value is -4.17. The van der Waals surface area contributed by atoms with Gasteiger partial charge in [0.2, 0.25) is 0 Å². The molecule has 2 aromatic heterocycles. The zero-order chi connectivity index (χ0) is 23.3. The SMILES string of the molecule is Cc1[nH]c2ccccc2c1/C=N/NC(=O)CSc1nnc(-c2ccccc2)n1-c1ccccc1. The van der Waals surface area contributed by atoms with Crippen molar-refractivity contribution >= 4 is 34.8 Å². The fraction of sp³-hybridized carbons (Fsp3) is 0.0769. The number of hydrogen-bond donors (Lipinski definition) is 2. The molecular weight excluding hydrogens is 444 g/mol. The summed E-state index contributed by atoms with van der Waals surface area (Å²) in [5, 5.41) is 14.6. The maximum absolute atomic E-state index is 12.5. The minimum atomic E-state index is -0.220. The fourth-order valence-electron chi connectivity index (χ4n) is 3.74. The molecule has 0 atom stereocenters. The largest absolute Gasteiger partial charge is 0.358 e. The van der Waals surface area contributed by atoms with E-state index in [1.807, 2.05) is 96.4 Å². The molecule has 0 fully saturated rings. The molecule has 0 saturated heterocycles. The predicted octanol–water partition coefficient (Wildman–Crippen LogP) is 4.97. The molecule has 2 heterocycles. The van der Waals surface area contributed by atoms with E-state index in [4.69, 9.17) is 0 Å². The average molecular weight is 467 g/mol. The Morgan fingerprint density at radius 2 is 1.71 bits per heavy atom. The molecule has 3 aromatic carbocycles. The Morgan fingerprint density at radius 1 is 1.00 bits per heavy atom. The van der Waals surface area contributed by atoms with E-state index >= 15 is 0 Å². The van der Waals surface area contributed by atoms with Crippen molar-refractivity contribution in [2.24, 2.45) is 5.10 Å². The summed E-state index contributed by atoms with van der Waals surface area (Å²) < 4.78 is 1.96. The standard InChI is InChI=1S/C26H22N6OS/c1-18-22(21-14-8-9-15-23(21)28-18)16-27-29-24(33)17-34-26-31-30-25(19-10-4-2-5-11-19)32(26)20-12-6-3-7-13-20/h2-16,28H,17H2,1H3,(H,29,33)/b27-16+. The molecule has 0 saturated carbocycles. The molecule has 0 unspecified atom stereocenters. The second kappa shape index (κ2) is 9.76. The van der Waals surface area contributed by atoms with Crippen LogP contribution in [0.25, 0.3) is 28.0 Å². The summed E-state index contributed by atoms with van der Waals surface area (Å²) in [7, 11) is 0. The van der Waals surface area contributed by atoms with E-state index in [2.05, 4.69) is 25.7 Å². The van der Waals surface area contributed by atoms with Crippen LogP contribution in [0.15, 0.2) is 95.2 Å². The summed E-state index contributed by atoms with van der Waals surface area (Å²) in [5.41, 5.74) is 7.50. The van der Waals surface area contributed by atoms with Crippen molar-refractivity contribution in [1.29, 1.82) is 0 Å². The van der Waals surface area contributed by atoms with Gasteiger partial charge in [-0.3, -0.25) is 9.36 Å². The zero-order valence-electron chi connectivity index (χ0n) is 18.5. The maximum atomic E-state index is 12.5. The predicted molar refractivity (Wildman–Crippen MR) is 136 cm³/mol. The Labute approximate surface area is 200 Å². The van der Waals surface area contributed by atoms with Crippen molar-refractivity contribution < 1.29 is 4.79 Å². The molecule has 0 spiro atoms. The van der Waals surface area contributed by atoms with Crippen LogP contribution >= 0.6 is 11.8 Å². The monoisotopic (exact) mass is 466 g/mol. The van der Waals surface area contributed by atoms with Gasteiger partial charge in [-0.05, 0) is 25.1 Å². The third-order valence-corrected chi connectivity index (χ3v) is 6.27. The summed E-state index contributed by atoms with van der Waals surface area (Å²) in [6.45, 7) is 1.99. The van der Waals surface area contributed by atoms with Gasteiger partial charge in [0.15, 0.2) is 11.0 Å². The Balaban J connectivity index is 1.31. The summed E-state index contributed by atoms with van der Waals surface area (Å²) in [6, 6.07) is 27.8. The summed E-state index contributed by atoms with van der Waals surface area (Å²) in [4.78, 5) is 15.8. The van der Waals surface area contributed by atoms with Crippen molar-refractivity contribution in [3.63, 3.8) is 0 Å². The molecule has 0 aliphatic rings. The maximum Gasteiger partial charge on any atom is 0.250 e. The number of benzene rings is 3. The summed E-state index contributed by atoms with van der Waals surface area (Å²) >= 11 is 1.32. The molecule has 0 bridgehead atoms. The molecular formula is C26H22N6OS. The minimum Gasteiger partial charge on any atom is -0.358 e. The van der Waals surface area contributed by atoms with Gasteiger partial charge in [-0.25, -0.2) is 5.43 Å². The molecule has 34 heavy (non-hydrogen) atoms. The molecule has 2 N–H and O–H groups in total. The third kappa shape index (κ3) is 4.49.